The minimum atomic E-state index is -0.825. The molecule has 0 nitrogen and oxygen atoms in total. The molecule has 0 saturated carbocycles. The molecular weight excluding hydrogens is 249 g/mol. The van der Waals surface area contributed by atoms with E-state index in [2.05, 4.69) is 0 Å². The van der Waals surface area contributed by atoms with Crippen molar-refractivity contribution in [2.45, 2.75) is 6.92 Å². The van der Waals surface area contributed by atoms with Crippen molar-refractivity contribution in [3.63, 3.8) is 0 Å². The number of aryl methyl sites for hydroxylation is 1. The van der Waals surface area contributed by atoms with Crippen LogP contribution >= 0.6 is 11.6 Å². The molecule has 0 bridgehead atoms. The van der Waals surface area contributed by atoms with Gasteiger partial charge in [-0.25, -0.2) is 13.2 Å². The van der Waals surface area contributed by atoms with Crippen LogP contribution in [-0.4, -0.2) is 0 Å². The van der Waals surface area contributed by atoms with E-state index in [1.165, 1.54) is 12.1 Å². The normalized spacial score (nSPS) is 10.6. The molecule has 0 aliphatic heterocycles. The number of hydrogen-bond acceptors (Lipinski definition) is 0. The Balaban J connectivity index is 2.77. The van der Waals surface area contributed by atoms with E-state index in [0.29, 0.717) is 5.56 Å². The van der Waals surface area contributed by atoms with E-state index >= 15 is 0 Å². The van der Waals surface area contributed by atoms with Gasteiger partial charge in [0, 0.05) is 5.56 Å². The lowest BCUT2D eigenvalue weighted by Crippen LogP contribution is -1.95. The van der Waals surface area contributed by atoms with E-state index in [1.807, 2.05) is 0 Å². The molecule has 88 valence electrons. The van der Waals surface area contributed by atoms with Gasteiger partial charge in [-0.05, 0) is 36.8 Å². The van der Waals surface area contributed by atoms with Crippen molar-refractivity contribution in [2.24, 2.45) is 0 Å². The monoisotopic (exact) mass is 256 g/mol. The SMILES string of the molecule is Cc1cc(F)c(-c2c(F)cccc2Cl)c(F)c1. The average Bonchev–Trinajstić information content (AvgIpc) is 2.21. The van der Waals surface area contributed by atoms with Gasteiger partial charge in [0.25, 0.3) is 0 Å². The minimum absolute atomic E-state index is 0.0216. The van der Waals surface area contributed by atoms with E-state index in [-0.39, 0.29) is 10.6 Å². The number of rotatable bonds is 1. The van der Waals surface area contributed by atoms with Gasteiger partial charge >= 0.3 is 0 Å². The van der Waals surface area contributed by atoms with Crippen molar-refractivity contribution in [1.82, 2.24) is 0 Å². The maximum absolute atomic E-state index is 13.7. The fourth-order valence-electron chi connectivity index (χ4n) is 1.68. The molecule has 0 saturated heterocycles. The second kappa shape index (κ2) is 4.41. The summed E-state index contributed by atoms with van der Waals surface area (Å²) in [6.45, 7) is 1.55. The zero-order valence-electron chi connectivity index (χ0n) is 8.90. The predicted molar refractivity (Wildman–Crippen MR) is 61.5 cm³/mol. The Morgan fingerprint density at radius 2 is 1.47 bits per heavy atom. The molecule has 0 N–H and O–H groups in total. The van der Waals surface area contributed by atoms with Crippen molar-refractivity contribution in [3.05, 3.63) is 58.4 Å². The first-order chi connectivity index (χ1) is 8.00. The molecule has 0 radical (unpaired) electrons. The Morgan fingerprint density at radius 1 is 0.882 bits per heavy atom. The topological polar surface area (TPSA) is 0 Å². The van der Waals surface area contributed by atoms with E-state index in [9.17, 15) is 13.2 Å². The van der Waals surface area contributed by atoms with E-state index in [0.717, 1.165) is 18.2 Å². The first-order valence-corrected chi connectivity index (χ1v) is 5.28. The lowest BCUT2D eigenvalue weighted by Gasteiger charge is -2.09. The molecule has 2 aromatic carbocycles. The van der Waals surface area contributed by atoms with Crippen molar-refractivity contribution in [1.29, 1.82) is 0 Å². The van der Waals surface area contributed by atoms with Crippen LogP contribution in [0.2, 0.25) is 5.02 Å². The first kappa shape index (κ1) is 12.0. The molecular formula is C13H8ClF3. The lowest BCUT2D eigenvalue weighted by molar-refractivity contribution is 0.580. The zero-order valence-corrected chi connectivity index (χ0v) is 9.65. The van der Waals surface area contributed by atoms with Crippen molar-refractivity contribution in [2.75, 3.05) is 0 Å². The van der Waals surface area contributed by atoms with E-state index in [1.54, 1.807) is 6.92 Å². The fraction of sp³-hybridized carbons (Fsp3) is 0.0769. The molecule has 0 aliphatic rings. The average molecular weight is 257 g/mol. The zero-order chi connectivity index (χ0) is 12.6. The highest BCUT2D eigenvalue weighted by molar-refractivity contribution is 6.33. The summed E-state index contributed by atoms with van der Waals surface area (Å²) < 4.78 is 41.0. The van der Waals surface area contributed by atoms with Crippen LogP contribution in [0.25, 0.3) is 11.1 Å². The molecule has 0 fully saturated rings. The van der Waals surface area contributed by atoms with Crippen LogP contribution in [0.4, 0.5) is 13.2 Å². The Bertz CT molecular complexity index is 536. The Morgan fingerprint density at radius 3 is 2.00 bits per heavy atom. The van der Waals surface area contributed by atoms with Gasteiger partial charge in [-0.3, -0.25) is 0 Å². The third kappa shape index (κ3) is 2.15. The van der Waals surface area contributed by atoms with Gasteiger partial charge in [-0.1, -0.05) is 17.7 Å². The first-order valence-electron chi connectivity index (χ1n) is 4.90. The molecule has 0 atom stereocenters. The molecule has 0 aliphatic carbocycles. The molecule has 2 aromatic rings. The maximum Gasteiger partial charge on any atom is 0.134 e. The van der Waals surface area contributed by atoms with Crippen molar-refractivity contribution < 1.29 is 13.2 Å². The van der Waals surface area contributed by atoms with Crippen LogP contribution in [0, 0.1) is 24.4 Å². The van der Waals surface area contributed by atoms with Crippen LogP contribution in [0.5, 0.6) is 0 Å². The highest BCUT2D eigenvalue weighted by Gasteiger charge is 2.18. The maximum atomic E-state index is 13.7. The van der Waals surface area contributed by atoms with E-state index < -0.39 is 23.0 Å². The van der Waals surface area contributed by atoms with Crippen LogP contribution in [-0.2, 0) is 0 Å². The van der Waals surface area contributed by atoms with Gasteiger partial charge in [0.2, 0.25) is 0 Å². The largest absolute Gasteiger partial charge is 0.206 e. The summed E-state index contributed by atoms with van der Waals surface area (Å²) in [5, 5.41) is -0.0216. The highest BCUT2D eigenvalue weighted by Crippen LogP contribution is 2.34. The molecule has 0 spiro atoms. The highest BCUT2D eigenvalue weighted by atomic mass is 35.5. The van der Waals surface area contributed by atoms with Gasteiger partial charge in [0.1, 0.15) is 17.5 Å². The summed E-state index contributed by atoms with van der Waals surface area (Å²) in [6, 6.07) is 6.16. The Kier molecular flexibility index (Phi) is 3.11. The quantitative estimate of drug-likeness (QED) is 0.692. The second-order valence-electron chi connectivity index (χ2n) is 3.70. The van der Waals surface area contributed by atoms with E-state index in [4.69, 9.17) is 11.6 Å². The number of hydrogen-bond donors (Lipinski definition) is 0. The van der Waals surface area contributed by atoms with Crippen LogP contribution in [0.1, 0.15) is 5.56 Å². The fourth-order valence-corrected chi connectivity index (χ4v) is 1.93. The van der Waals surface area contributed by atoms with Gasteiger partial charge in [0.05, 0.1) is 10.6 Å². The third-order valence-corrected chi connectivity index (χ3v) is 2.71. The van der Waals surface area contributed by atoms with Crippen LogP contribution in [0.15, 0.2) is 30.3 Å². The summed E-state index contributed by atoms with van der Waals surface area (Å²) in [7, 11) is 0. The minimum Gasteiger partial charge on any atom is -0.206 e. The predicted octanol–water partition coefficient (Wildman–Crippen LogP) is 4.73. The van der Waals surface area contributed by atoms with Crippen molar-refractivity contribution in [3.8, 4) is 11.1 Å². The lowest BCUT2D eigenvalue weighted by atomic mass is 10.0. The van der Waals surface area contributed by atoms with Gasteiger partial charge < -0.3 is 0 Å². The van der Waals surface area contributed by atoms with Crippen LogP contribution < -0.4 is 0 Å². The molecule has 0 heterocycles. The second-order valence-corrected chi connectivity index (χ2v) is 4.11. The summed E-state index contributed by atoms with van der Waals surface area (Å²) in [5.41, 5.74) is -0.251. The summed E-state index contributed by atoms with van der Waals surface area (Å²) in [4.78, 5) is 0. The number of halogens is 4. The molecule has 0 aromatic heterocycles. The Labute approximate surface area is 102 Å². The summed E-state index contributed by atoms with van der Waals surface area (Å²) >= 11 is 5.77. The van der Waals surface area contributed by atoms with Crippen molar-refractivity contribution >= 4 is 11.6 Å². The summed E-state index contributed by atoms with van der Waals surface area (Å²) in [5.74, 6) is -2.40. The Hall–Kier alpha value is -1.48. The van der Waals surface area contributed by atoms with Gasteiger partial charge in [-0.2, -0.15) is 0 Å². The van der Waals surface area contributed by atoms with Gasteiger partial charge in [-0.15, -0.1) is 0 Å². The smallest absolute Gasteiger partial charge is 0.134 e. The van der Waals surface area contributed by atoms with Gasteiger partial charge in [0.15, 0.2) is 0 Å². The molecule has 2 rings (SSSR count). The summed E-state index contributed by atoms with van der Waals surface area (Å²) in [6.07, 6.45) is 0. The standard InChI is InChI=1S/C13H8ClF3/c1-7-5-10(16)13(11(17)6-7)12-8(14)3-2-4-9(12)15/h2-6H,1H3. The molecule has 0 unspecified atom stereocenters. The molecule has 0 amide bonds. The molecule has 17 heavy (non-hydrogen) atoms. The third-order valence-electron chi connectivity index (χ3n) is 2.40. The number of benzene rings is 2. The molecule has 4 heteroatoms. The van der Waals surface area contributed by atoms with Crippen LogP contribution in [0.3, 0.4) is 0 Å².